The highest BCUT2D eigenvalue weighted by atomic mass is 19.1. The Labute approximate surface area is 171 Å². The SMILES string of the molecule is CCC1(C)O[C@H]2O[C@H]([C@H]3COC(C)(CC)O3)[C@H](OCc3ccc(C)cc3F)[C@H]2O1. The van der Waals surface area contributed by atoms with Crippen molar-refractivity contribution in [2.45, 2.75) is 96.3 Å². The van der Waals surface area contributed by atoms with Crippen LogP contribution in [0.4, 0.5) is 4.39 Å². The van der Waals surface area contributed by atoms with Crippen LogP contribution in [-0.2, 0) is 35.0 Å². The normalized spacial score (nSPS) is 41.8. The lowest BCUT2D eigenvalue weighted by molar-refractivity contribution is -0.245. The van der Waals surface area contributed by atoms with E-state index in [1.54, 1.807) is 6.07 Å². The summed E-state index contributed by atoms with van der Waals surface area (Å²) in [5.74, 6) is -1.64. The zero-order valence-corrected chi connectivity index (χ0v) is 17.8. The van der Waals surface area contributed by atoms with Crippen LogP contribution in [0.2, 0.25) is 0 Å². The van der Waals surface area contributed by atoms with Crippen LogP contribution >= 0.6 is 0 Å². The fourth-order valence-corrected chi connectivity index (χ4v) is 4.04. The number of fused-ring (bicyclic) bond motifs is 1. The van der Waals surface area contributed by atoms with Gasteiger partial charge in [-0.3, -0.25) is 0 Å². The van der Waals surface area contributed by atoms with Crippen LogP contribution < -0.4 is 0 Å². The van der Waals surface area contributed by atoms with Gasteiger partial charge in [0.05, 0.1) is 13.2 Å². The summed E-state index contributed by atoms with van der Waals surface area (Å²) in [7, 11) is 0. The molecule has 0 bridgehead atoms. The number of benzene rings is 1. The summed E-state index contributed by atoms with van der Waals surface area (Å²) in [6.07, 6.45) is -0.729. The number of aryl methyl sites for hydroxylation is 1. The third-order valence-corrected chi connectivity index (χ3v) is 6.20. The second kappa shape index (κ2) is 7.87. The van der Waals surface area contributed by atoms with E-state index in [9.17, 15) is 4.39 Å². The van der Waals surface area contributed by atoms with Gasteiger partial charge in [0.1, 0.15) is 30.2 Å². The van der Waals surface area contributed by atoms with Crippen LogP contribution in [0.25, 0.3) is 0 Å². The van der Waals surface area contributed by atoms with Crippen molar-refractivity contribution >= 4 is 0 Å². The molecule has 0 amide bonds. The lowest BCUT2D eigenvalue weighted by Crippen LogP contribution is -2.44. The van der Waals surface area contributed by atoms with E-state index in [0.717, 1.165) is 12.0 Å². The van der Waals surface area contributed by atoms with Crippen LogP contribution in [0.15, 0.2) is 18.2 Å². The van der Waals surface area contributed by atoms with E-state index in [2.05, 4.69) is 0 Å². The maximum absolute atomic E-state index is 14.3. The van der Waals surface area contributed by atoms with Crippen molar-refractivity contribution in [1.82, 2.24) is 0 Å². The molecule has 0 saturated carbocycles. The van der Waals surface area contributed by atoms with Crippen LogP contribution in [0.1, 0.15) is 51.7 Å². The molecule has 7 heteroatoms. The van der Waals surface area contributed by atoms with Crippen LogP contribution in [0.5, 0.6) is 0 Å². The summed E-state index contributed by atoms with van der Waals surface area (Å²) < 4.78 is 50.8. The van der Waals surface area contributed by atoms with E-state index in [1.165, 1.54) is 6.07 Å². The monoisotopic (exact) mass is 410 g/mol. The van der Waals surface area contributed by atoms with Gasteiger partial charge in [0.2, 0.25) is 0 Å². The highest BCUT2D eigenvalue weighted by molar-refractivity contribution is 5.22. The molecule has 7 atom stereocenters. The van der Waals surface area contributed by atoms with Gasteiger partial charge in [0.25, 0.3) is 0 Å². The summed E-state index contributed by atoms with van der Waals surface area (Å²) >= 11 is 0. The van der Waals surface area contributed by atoms with Gasteiger partial charge in [-0.1, -0.05) is 26.0 Å². The summed E-state index contributed by atoms with van der Waals surface area (Å²) in [5.41, 5.74) is 1.37. The van der Waals surface area contributed by atoms with Crippen molar-refractivity contribution in [3.8, 4) is 0 Å². The Morgan fingerprint density at radius 2 is 1.83 bits per heavy atom. The van der Waals surface area contributed by atoms with Gasteiger partial charge in [-0.2, -0.15) is 0 Å². The highest BCUT2D eigenvalue weighted by Gasteiger charge is 2.59. The van der Waals surface area contributed by atoms with Crippen LogP contribution in [-0.4, -0.2) is 48.9 Å². The molecule has 3 aliphatic rings. The lowest BCUT2D eigenvalue weighted by Gasteiger charge is -2.30. The molecule has 3 fully saturated rings. The molecule has 0 spiro atoms. The average molecular weight is 410 g/mol. The predicted molar refractivity (Wildman–Crippen MR) is 103 cm³/mol. The molecule has 0 N–H and O–H groups in total. The Bertz CT molecular complexity index is 744. The maximum Gasteiger partial charge on any atom is 0.190 e. The molecule has 1 aromatic rings. The lowest BCUT2D eigenvalue weighted by atomic mass is 10.1. The first-order chi connectivity index (χ1) is 13.8. The third-order valence-electron chi connectivity index (χ3n) is 6.20. The van der Waals surface area contributed by atoms with Gasteiger partial charge < -0.3 is 28.4 Å². The second-order valence-electron chi connectivity index (χ2n) is 8.48. The fourth-order valence-electron chi connectivity index (χ4n) is 4.04. The molecule has 3 aliphatic heterocycles. The number of ether oxygens (including phenoxy) is 6. The maximum atomic E-state index is 14.3. The van der Waals surface area contributed by atoms with E-state index in [0.29, 0.717) is 18.6 Å². The van der Waals surface area contributed by atoms with Gasteiger partial charge in [0.15, 0.2) is 17.9 Å². The minimum absolute atomic E-state index is 0.116. The Morgan fingerprint density at radius 3 is 2.48 bits per heavy atom. The molecule has 6 nitrogen and oxygen atoms in total. The fraction of sp³-hybridized carbons (Fsp3) is 0.727. The molecule has 3 saturated heterocycles. The van der Waals surface area contributed by atoms with Gasteiger partial charge in [-0.15, -0.1) is 0 Å². The quantitative estimate of drug-likeness (QED) is 0.711. The number of hydrogen-bond acceptors (Lipinski definition) is 6. The number of halogens is 1. The van der Waals surface area contributed by atoms with Gasteiger partial charge in [0, 0.05) is 5.56 Å². The minimum atomic E-state index is -0.720. The number of hydrogen-bond donors (Lipinski definition) is 0. The molecule has 0 aliphatic carbocycles. The molecule has 2 unspecified atom stereocenters. The minimum Gasteiger partial charge on any atom is -0.368 e. The topological polar surface area (TPSA) is 55.4 Å². The molecule has 0 radical (unpaired) electrons. The van der Waals surface area contributed by atoms with E-state index in [4.69, 9.17) is 28.4 Å². The van der Waals surface area contributed by atoms with E-state index < -0.39 is 36.2 Å². The van der Waals surface area contributed by atoms with E-state index >= 15 is 0 Å². The van der Waals surface area contributed by atoms with Crippen molar-refractivity contribution in [3.05, 3.63) is 35.1 Å². The van der Waals surface area contributed by atoms with Gasteiger partial charge in [-0.05, 0) is 45.2 Å². The first-order valence-corrected chi connectivity index (χ1v) is 10.5. The van der Waals surface area contributed by atoms with Crippen molar-refractivity contribution in [3.63, 3.8) is 0 Å². The third kappa shape index (κ3) is 4.09. The summed E-state index contributed by atoms with van der Waals surface area (Å²) in [6.45, 7) is 10.2. The summed E-state index contributed by atoms with van der Waals surface area (Å²) in [6, 6.07) is 5.13. The summed E-state index contributed by atoms with van der Waals surface area (Å²) in [4.78, 5) is 0. The van der Waals surface area contributed by atoms with Gasteiger partial charge >= 0.3 is 0 Å². The molecular weight excluding hydrogens is 379 g/mol. The Balaban J connectivity index is 1.52. The zero-order chi connectivity index (χ0) is 20.8. The smallest absolute Gasteiger partial charge is 0.190 e. The molecule has 4 rings (SSSR count). The zero-order valence-electron chi connectivity index (χ0n) is 17.8. The van der Waals surface area contributed by atoms with E-state index in [1.807, 2.05) is 40.7 Å². The largest absolute Gasteiger partial charge is 0.368 e. The van der Waals surface area contributed by atoms with Crippen molar-refractivity contribution < 1.29 is 32.8 Å². The van der Waals surface area contributed by atoms with Crippen molar-refractivity contribution in [1.29, 1.82) is 0 Å². The standard InChI is InChI=1S/C22H31FO6/c1-6-21(4)25-12-16(27-21)17-18(19-20(26-17)29-22(5,7-2)28-19)24-11-14-9-8-13(3)10-15(14)23/h8-10,16-20H,6-7,11-12H2,1-5H3/t16-,17-,18+,19-,20-,21?,22?/m1/s1. The molecule has 162 valence electrons. The predicted octanol–water partition coefficient (Wildman–Crippen LogP) is 3.83. The molecule has 3 heterocycles. The van der Waals surface area contributed by atoms with Crippen molar-refractivity contribution in [2.75, 3.05) is 6.61 Å². The average Bonchev–Trinajstić information content (AvgIpc) is 3.33. The van der Waals surface area contributed by atoms with Crippen LogP contribution in [0, 0.1) is 12.7 Å². The molecule has 1 aromatic carbocycles. The second-order valence-corrected chi connectivity index (χ2v) is 8.48. The first-order valence-electron chi connectivity index (χ1n) is 10.5. The van der Waals surface area contributed by atoms with E-state index in [-0.39, 0.29) is 18.5 Å². The molecule has 0 aromatic heterocycles. The van der Waals surface area contributed by atoms with Crippen LogP contribution in [0.3, 0.4) is 0 Å². The molecule has 29 heavy (non-hydrogen) atoms. The Morgan fingerprint density at radius 1 is 1.07 bits per heavy atom. The van der Waals surface area contributed by atoms with Gasteiger partial charge in [-0.25, -0.2) is 4.39 Å². The van der Waals surface area contributed by atoms with Crippen molar-refractivity contribution in [2.24, 2.45) is 0 Å². The molecular formula is C22H31FO6. The highest BCUT2D eigenvalue weighted by Crippen LogP contribution is 2.43. The first kappa shape index (κ1) is 21.2. The summed E-state index contributed by atoms with van der Waals surface area (Å²) in [5, 5.41) is 0. The Hall–Kier alpha value is -1.09. The Kier molecular flexibility index (Phi) is 5.74. The number of rotatable bonds is 6.